The van der Waals surface area contributed by atoms with Crippen LogP contribution in [0.25, 0.3) is 0 Å². The van der Waals surface area contributed by atoms with E-state index in [9.17, 15) is 9.59 Å². The molecule has 1 aliphatic rings. The van der Waals surface area contributed by atoms with Gasteiger partial charge in [-0.15, -0.1) is 0 Å². The Kier molecular flexibility index (Phi) is 6.26. The van der Waals surface area contributed by atoms with Crippen molar-refractivity contribution in [3.63, 3.8) is 0 Å². The Morgan fingerprint density at radius 2 is 2.00 bits per heavy atom. The zero-order valence-electron chi connectivity index (χ0n) is 9.36. The minimum Gasteiger partial charge on any atom is -0.465 e. The molecule has 1 unspecified atom stereocenters. The molecule has 0 aliphatic carbocycles. The molecule has 0 bridgehead atoms. The number of halogens is 2. The highest BCUT2D eigenvalue weighted by molar-refractivity contribution is 9.10. The molecule has 7 heteroatoms. The molecule has 17 heavy (non-hydrogen) atoms. The van der Waals surface area contributed by atoms with Crippen LogP contribution in [0.3, 0.4) is 0 Å². The quantitative estimate of drug-likeness (QED) is 0.740. The van der Waals surface area contributed by atoms with Crippen molar-refractivity contribution in [2.45, 2.75) is 30.1 Å². The van der Waals surface area contributed by atoms with Gasteiger partial charge < -0.3 is 15.3 Å². The lowest BCUT2D eigenvalue weighted by Gasteiger charge is -2.30. The highest BCUT2D eigenvalue weighted by Gasteiger charge is 2.24. The average Bonchev–Trinajstić information content (AvgIpc) is 2.30. The number of nitrogens with zero attached hydrogens (tertiary/aromatic N) is 1. The van der Waals surface area contributed by atoms with Crippen LogP contribution >= 0.6 is 31.9 Å². The topological polar surface area (TPSA) is 69.6 Å². The van der Waals surface area contributed by atoms with Gasteiger partial charge in [0.15, 0.2) is 0 Å². The fraction of sp³-hybridized carbons (Fsp3) is 0.800. The van der Waals surface area contributed by atoms with Gasteiger partial charge in [-0.2, -0.15) is 0 Å². The molecular formula is C10H16Br2N2O3. The summed E-state index contributed by atoms with van der Waals surface area (Å²) in [4.78, 5) is 23.6. The van der Waals surface area contributed by atoms with E-state index in [1.54, 1.807) is 0 Å². The highest BCUT2D eigenvalue weighted by atomic mass is 79.9. The van der Waals surface area contributed by atoms with E-state index in [1.165, 1.54) is 4.90 Å². The Morgan fingerprint density at radius 1 is 1.41 bits per heavy atom. The van der Waals surface area contributed by atoms with Crippen LogP contribution in [0.4, 0.5) is 4.79 Å². The zero-order valence-corrected chi connectivity index (χ0v) is 12.5. The predicted molar refractivity (Wildman–Crippen MR) is 71.9 cm³/mol. The van der Waals surface area contributed by atoms with Crippen molar-refractivity contribution in [1.29, 1.82) is 0 Å². The summed E-state index contributed by atoms with van der Waals surface area (Å²) in [7, 11) is 0. The van der Waals surface area contributed by atoms with Crippen molar-refractivity contribution in [3.8, 4) is 0 Å². The number of carbonyl (C=O) groups excluding carboxylic acids is 1. The number of carbonyl (C=O) groups is 2. The first-order valence-electron chi connectivity index (χ1n) is 5.53. The molecule has 2 N–H and O–H groups in total. The van der Waals surface area contributed by atoms with Gasteiger partial charge in [0, 0.05) is 24.5 Å². The summed E-state index contributed by atoms with van der Waals surface area (Å²) >= 11 is 6.60. The normalized spacial score (nSPS) is 18.8. The number of alkyl halides is 2. The molecular weight excluding hydrogens is 356 g/mol. The lowest BCUT2D eigenvalue weighted by molar-refractivity contribution is -0.121. The minimum atomic E-state index is -0.882. The molecule has 0 saturated carbocycles. The van der Waals surface area contributed by atoms with Crippen LogP contribution in [-0.4, -0.2) is 51.3 Å². The number of amides is 2. The molecule has 0 radical (unpaired) electrons. The van der Waals surface area contributed by atoms with Gasteiger partial charge in [-0.3, -0.25) is 4.79 Å². The van der Waals surface area contributed by atoms with Gasteiger partial charge in [0.05, 0.1) is 4.83 Å². The van der Waals surface area contributed by atoms with Crippen LogP contribution in [0.5, 0.6) is 0 Å². The Bertz CT molecular complexity index is 281. The number of hydrogen-bond donors (Lipinski definition) is 2. The molecule has 0 aromatic carbocycles. The van der Waals surface area contributed by atoms with Gasteiger partial charge in [-0.25, -0.2) is 4.79 Å². The maximum Gasteiger partial charge on any atom is 0.407 e. The fourth-order valence-corrected chi connectivity index (χ4v) is 3.17. The molecule has 0 aromatic rings. The maximum absolute atomic E-state index is 11.7. The van der Waals surface area contributed by atoms with Crippen molar-refractivity contribution in [2.75, 3.05) is 18.4 Å². The van der Waals surface area contributed by atoms with E-state index in [1.807, 2.05) is 0 Å². The molecule has 1 heterocycles. The molecule has 1 fully saturated rings. The summed E-state index contributed by atoms with van der Waals surface area (Å²) in [5, 5.41) is 12.5. The first-order valence-corrected chi connectivity index (χ1v) is 7.56. The van der Waals surface area contributed by atoms with Crippen molar-refractivity contribution < 1.29 is 14.7 Å². The highest BCUT2D eigenvalue weighted by Crippen LogP contribution is 2.13. The zero-order chi connectivity index (χ0) is 12.8. The molecule has 98 valence electrons. The number of carboxylic acid groups (broad SMARTS) is 1. The summed E-state index contributed by atoms with van der Waals surface area (Å²) in [5.41, 5.74) is 0. The standard InChI is InChI=1S/C10H16Br2N2O3/c11-4-1-8(12)9(15)13-7-2-5-14(6-3-7)10(16)17/h7-8H,1-6H2,(H,13,15)(H,16,17). The molecule has 1 aliphatic heterocycles. The van der Waals surface area contributed by atoms with E-state index in [0.717, 1.165) is 11.8 Å². The molecule has 2 amide bonds. The number of rotatable bonds is 4. The third-order valence-corrected chi connectivity index (χ3v) is 4.09. The SMILES string of the molecule is O=C(NC1CCN(C(=O)O)CC1)C(Br)CCBr. The maximum atomic E-state index is 11.7. The molecule has 0 aromatic heterocycles. The molecule has 0 spiro atoms. The van der Waals surface area contributed by atoms with E-state index in [2.05, 4.69) is 37.2 Å². The third kappa shape index (κ3) is 4.83. The van der Waals surface area contributed by atoms with Crippen molar-refractivity contribution in [1.82, 2.24) is 10.2 Å². The minimum absolute atomic E-state index is 0.0155. The van der Waals surface area contributed by atoms with Gasteiger partial charge in [0.2, 0.25) is 5.91 Å². The summed E-state index contributed by atoms with van der Waals surface area (Å²) in [6, 6.07) is 0.0912. The van der Waals surface area contributed by atoms with Crippen molar-refractivity contribution >= 4 is 43.9 Å². The lowest BCUT2D eigenvalue weighted by Crippen LogP contribution is -2.47. The number of nitrogens with one attached hydrogen (secondary N) is 1. The van der Waals surface area contributed by atoms with Crippen LogP contribution in [0.15, 0.2) is 0 Å². The summed E-state index contributed by atoms with van der Waals surface area (Å²) < 4.78 is 0. The lowest BCUT2D eigenvalue weighted by atomic mass is 10.1. The van der Waals surface area contributed by atoms with Gasteiger partial charge in [0.1, 0.15) is 0 Å². The van der Waals surface area contributed by atoms with Crippen LogP contribution in [0.1, 0.15) is 19.3 Å². The van der Waals surface area contributed by atoms with Gasteiger partial charge in [0.25, 0.3) is 0 Å². The largest absolute Gasteiger partial charge is 0.465 e. The van der Waals surface area contributed by atoms with E-state index >= 15 is 0 Å². The first-order chi connectivity index (χ1) is 8.04. The second kappa shape index (κ2) is 7.20. The van der Waals surface area contributed by atoms with Crippen LogP contribution in [0, 0.1) is 0 Å². The first kappa shape index (κ1) is 14.8. The van der Waals surface area contributed by atoms with Crippen LogP contribution in [-0.2, 0) is 4.79 Å². The second-order valence-electron chi connectivity index (χ2n) is 4.00. The smallest absolute Gasteiger partial charge is 0.407 e. The number of hydrogen-bond acceptors (Lipinski definition) is 2. The molecule has 1 saturated heterocycles. The van der Waals surface area contributed by atoms with E-state index in [0.29, 0.717) is 25.9 Å². The Balaban J connectivity index is 2.30. The number of piperidine rings is 1. The van der Waals surface area contributed by atoms with Crippen molar-refractivity contribution in [3.05, 3.63) is 0 Å². The van der Waals surface area contributed by atoms with E-state index < -0.39 is 6.09 Å². The summed E-state index contributed by atoms with van der Waals surface area (Å²) in [6.07, 6.45) is 1.23. The Morgan fingerprint density at radius 3 is 2.47 bits per heavy atom. The Labute approximate surface area is 117 Å². The molecule has 5 nitrogen and oxygen atoms in total. The average molecular weight is 372 g/mol. The summed E-state index contributed by atoms with van der Waals surface area (Å²) in [6.45, 7) is 0.983. The predicted octanol–water partition coefficient (Wildman–Crippen LogP) is 1.79. The second-order valence-corrected chi connectivity index (χ2v) is 5.90. The molecule has 1 atom stereocenters. The number of likely N-dealkylation sites (tertiary alicyclic amines) is 1. The Hall–Kier alpha value is -0.300. The van der Waals surface area contributed by atoms with Crippen LogP contribution in [0.2, 0.25) is 0 Å². The fourth-order valence-electron chi connectivity index (χ4n) is 1.73. The third-order valence-electron chi connectivity index (χ3n) is 2.76. The van der Waals surface area contributed by atoms with E-state index in [4.69, 9.17) is 5.11 Å². The van der Waals surface area contributed by atoms with Gasteiger partial charge in [-0.05, 0) is 19.3 Å². The van der Waals surface area contributed by atoms with Gasteiger partial charge in [-0.1, -0.05) is 31.9 Å². The van der Waals surface area contributed by atoms with E-state index in [-0.39, 0.29) is 16.8 Å². The van der Waals surface area contributed by atoms with Gasteiger partial charge >= 0.3 is 6.09 Å². The summed E-state index contributed by atoms with van der Waals surface area (Å²) in [5.74, 6) is -0.0155. The molecule has 1 rings (SSSR count). The monoisotopic (exact) mass is 370 g/mol. The van der Waals surface area contributed by atoms with Crippen LogP contribution < -0.4 is 5.32 Å². The van der Waals surface area contributed by atoms with Crippen molar-refractivity contribution in [2.24, 2.45) is 0 Å².